The molecule has 2 fully saturated rings. The van der Waals surface area contributed by atoms with Gasteiger partial charge in [-0.3, -0.25) is 9.78 Å². The number of benzene rings is 2. The minimum absolute atomic E-state index is 0.0698. The van der Waals surface area contributed by atoms with Crippen molar-refractivity contribution in [1.82, 2.24) is 14.2 Å². The summed E-state index contributed by atoms with van der Waals surface area (Å²) in [5.74, 6) is -0.425. The number of fused-ring (bicyclic) bond motifs is 1. The zero-order valence-electron chi connectivity index (χ0n) is 19.8. The molecule has 3 heterocycles. The smallest absolute Gasteiger partial charge is 0.257 e. The van der Waals surface area contributed by atoms with Gasteiger partial charge in [-0.2, -0.15) is 5.26 Å². The summed E-state index contributed by atoms with van der Waals surface area (Å²) in [7, 11) is 0. The minimum atomic E-state index is -0.565. The van der Waals surface area contributed by atoms with Crippen molar-refractivity contribution in [3.8, 4) is 6.07 Å². The van der Waals surface area contributed by atoms with E-state index in [1.165, 1.54) is 12.1 Å². The number of hydrogen-bond donors (Lipinski definition) is 0. The molecule has 1 aromatic heterocycles. The number of piperazine rings is 1. The first-order chi connectivity index (χ1) is 17.0. The van der Waals surface area contributed by atoms with Crippen molar-refractivity contribution in [2.24, 2.45) is 0 Å². The summed E-state index contributed by atoms with van der Waals surface area (Å²) in [4.78, 5) is 22.2. The first kappa shape index (κ1) is 23.6. The van der Waals surface area contributed by atoms with Crippen LogP contribution in [0.2, 0.25) is 0 Å². The van der Waals surface area contributed by atoms with Crippen molar-refractivity contribution < 1.29 is 9.18 Å². The van der Waals surface area contributed by atoms with Gasteiger partial charge in [0.15, 0.2) is 0 Å². The Morgan fingerprint density at radius 1 is 1.06 bits per heavy atom. The van der Waals surface area contributed by atoms with Crippen LogP contribution in [0.3, 0.4) is 0 Å². The summed E-state index contributed by atoms with van der Waals surface area (Å²) in [6.45, 7) is 4.10. The summed E-state index contributed by atoms with van der Waals surface area (Å²) in [6, 6.07) is 17.0. The number of nitrogens with zero attached hydrogens (tertiary/aromatic N) is 5. The van der Waals surface area contributed by atoms with Crippen LogP contribution in [0.5, 0.6) is 0 Å². The molecule has 0 bridgehead atoms. The molecule has 0 spiro atoms. The van der Waals surface area contributed by atoms with Crippen LogP contribution in [0, 0.1) is 17.1 Å². The number of hydrogen-bond acceptors (Lipinski definition) is 6. The van der Waals surface area contributed by atoms with Gasteiger partial charge >= 0.3 is 0 Å². The normalized spacial score (nSPS) is 18.4. The molecule has 35 heavy (non-hydrogen) atoms. The van der Waals surface area contributed by atoms with Gasteiger partial charge in [-0.05, 0) is 42.9 Å². The number of nitriles is 1. The summed E-state index contributed by atoms with van der Waals surface area (Å²) >= 11 is 1.69. The first-order valence-corrected chi connectivity index (χ1v) is 13.1. The number of halogens is 1. The quantitative estimate of drug-likeness (QED) is 0.504. The third-order valence-electron chi connectivity index (χ3n) is 7.29. The predicted octanol–water partition coefficient (Wildman–Crippen LogP) is 4.47. The average molecular weight is 490 g/mol. The van der Waals surface area contributed by atoms with Gasteiger partial charge in [0.05, 0.1) is 28.3 Å². The van der Waals surface area contributed by atoms with Gasteiger partial charge in [-0.25, -0.2) is 8.70 Å². The second-order valence-electron chi connectivity index (χ2n) is 9.13. The molecule has 6 nitrogen and oxygen atoms in total. The van der Waals surface area contributed by atoms with Crippen LogP contribution in [0.25, 0.3) is 10.9 Å². The van der Waals surface area contributed by atoms with Crippen molar-refractivity contribution in [2.75, 3.05) is 50.4 Å². The van der Waals surface area contributed by atoms with Gasteiger partial charge in [-0.15, -0.1) is 0 Å². The third kappa shape index (κ3) is 4.46. The van der Waals surface area contributed by atoms with Crippen LogP contribution in [-0.4, -0.2) is 65.6 Å². The summed E-state index contributed by atoms with van der Waals surface area (Å²) in [5.41, 5.74) is 2.35. The van der Waals surface area contributed by atoms with Crippen LogP contribution in [0.15, 0.2) is 54.7 Å². The van der Waals surface area contributed by atoms with Crippen LogP contribution < -0.4 is 4.90 Å². The Morgan fingerprint density at radius 3 is 2.43 bits per heavy atom. The van der Waals surface area contributed by atoms with E-state index in [1.54, 1.807) is 24.2 Å². The molecule has 2 saturated heterocycles. The molecule has 0 radical (unpaired) electrons. The highest BCUT2D eigenvalue weighted by atomic mass is 32.2. The zero-order chi connectivity index (χ0) is 24.4. The molecule has 0 unspecified atom stereocenters. The van der Waals surface area contributed by atoms with E-state index in [2.05, 4.69) is 20.3 Å². The van der Waals surface area contributed by atoms with Crippen molar-refractivity contribution in [3.63, 3.8) is 0 Å². The fourth-order valence-electron chi connectivity index (χ4n) is 5.23. The predicted molar refractivity (Wildman–Crippen MR) is 138 cm³/mol. The van der Waals surface area contributed by atoms with E-state index in [0.29, 0.717) is 55.5 Å². The van der Waals surface area contributed by atoms with Gasteiger partial charge < -0.3 is 9.80 Å². The molecule has 8 heteroatoms. The number of amides is 1. The van der Waals surface area contributed by atoms with E-state index in [0.717, 1.165) is 24.3 Å². The lowest BCUT2D eigenvalue weighted by Crippen LogP contribution is -2.47. The van der Waals surface area contributed by atoms with E-state index in [-0.39, 0.29) is 11.7 Å². The van der Waals surface area contributed by atoms with E-state index in [1.807, 2.05) is 41.5 Å². The van der Waals surface area contributed by atoms with Crippen LogP contribution in [0.4, 0.5) is 10.1 Å². The average Bonchev–Trinajstić information content (AvgIpc) is 2.92. The fourth-order valence-corrected chi connectivity index (χ4v) is 5.75. The molecule has 2 aliphatic rings. The number of carbonyl (C=O) groups excluding carboxylic acids is 1. The maximum Gasteiger partial charge on any atom is 0.257 e. The summed E-state index contributed by atoms with van der Waals surface area (Å²) in [6.07, 6.45) is 4.95. The maximum absolute atomic E-state index is 14.4. The van der Waals surface area contributed by atoms with Crippen LogP contribution in [0.1, 0.15) is 28.8 Å². The van der Waals surface area contributed by atoms with Crippen molar-refractivity contribution in [1.29, 1.82) is 5.26 Å². The molecule has 0 N–H and O–H groups in total. The molecular formula is C27H28FN5OS. The molecule has 2 aliphatic heterocycles. The number of anilines is 1. The van der Waals surface area contributed by atoms with E-state index < -0.39 is 5.41 Å². The molecule has 5 rings (SSSR count). The minimum Gasteiger partial charge on any atom is -0.370 e. The van der Waals surface area contributed by atoms with Gasteiger partial charge in [0.25, 0.3) is 5.91 Å². The molecular weight excluding hydrogens is 461 g/mol. The number of pyridine rings is 1. The molecule has 0 atom stereocenters. The Balaban J connectivity index is 1.50. The molecule has 0 saturated carbocycles. The SMILES string of the molecule is CSN1CCN(C(=O)c2cnc3ccc(F)cc3c2N2CCC(C#N)(c3ccccc3)CC2)CC1. The molecule has 3 aromatic rings. The topological polar surface area (TPSA) is 63.5 Å². The largest absolute Gasteiger partial charge is 0.370 e. The summed E-state index contributed by atoms with van der Waals surface area (Å²) in [5, 5.41) is 10.8. The van der Waals surface area contributed by atoms with Crippen molar-refractivity contribution in [2.45, 2.75) is 18.3 Å². The van der Waals surface area contributed by atoms with E-state index in [4.69, 9.17) is 0 Å². The highest BCUT2D eigenvalue weighted by Gasteiger charge is 2.38. The van der Waals surface area contributed by atoms with Crippen LogP contribution in [-0.2, 0) is 5.41 Å². The highest BCUT2D eigenvalue weighted by molar-refractivity contribution is 7.96. The highest BCUT2D eigenvalue weighted by Crippen LogP contribution is 2.39. The van der Waals surface area contributed by atoms with Crippen molar-refractivity contribution >= 4 is 34.4 Å². The Hall–Kier alpha value is -3.15. The Labute approximate surface area is 209 Å². The number of carbonyl (C=O) groups is 1. The van der Waals surface area contributed by atoms with E-state index in [9.17, 15) is 14.4 Å². The lowest BCUT2D eigenvalue weighted by atomic mass is 9.74. The maximum atomic E-state index is 14.4. The second kappa shape index (κ2) is 9.84. The van der Waals surface area contributed by atoms with Gasteiger partial charge in [-0.1, -0.05) is 42.3 Å². The van der Waals surface area contributed by atoms with Gasteiger partial charge in [0, 0.05) is 50.9 Å². The van der Waals surface area contributed by atoms with Gasteiger partial charge in [0.1, 0.15) is 5.82 Å². The zero-order valence-corrected chi connectivity index (χ0v) is 20.6. The monoisotopic (exact) mass is 489 g/mol. The fraction of sp³-hybridized carbons (Fsp3) is 0.370. The van der Waals surface area contributed by atoms with Gasteiger partial charge in [0.2, 0.25) is 0 Å². The van der Waals surface area contributed by atoms with Crippen LogP contribution >= 0.6 is 11.9 Å². The number of rotatable bonds is 4. The third-order valence-corrected chi connectivity index (χ3v) is 8.17. The summed E-state index contributed by atoms with van der Waals surface area (Å²) < 4.78 is 16.6. The first-order valence-electron chi connectivity index (χ1n) is 11.9. The Morgan fingerprint density at radius 2 is 1.77 bits per heavy atom. The lowest BCUT2D eigenvalue weighted by molar-refractivity contribution is 0.0704. The van der Waals surface area contributed by atoms with Crippen molar-refractivity contribution in [3.05, 3.63) is 71.7 Å². The molecule has 1 amide bonds. The molecule has 2 aromatic carbocycles. The lowest BCUT2D eigenvalue weighted by Gasteiger charge is -2.40. The number of piperidine rings is 1. The molecule has 0 aliphatic carbocycles. The Bertz CT molecular complexity index is 1260. The second-order valence-corrected chi connectivity index (χ2v) is 10.0. The Kier molecular flexibility index (Phi) is 6.63. The number of aromatic nitrogens is 1. The van der Waals surface area contributed by atoms with E-state index >= 15 is 0 Å². The molecule has 180 valence electrons. The standard InChI is InChI=1S/C27H28FN5OS/c1-35-33-15-13-32(14-16-33)26(34)23-18-30-24-8-7-21(28)17-22(24)25(23)31-11-9-27(19-29,10-12-31)20-5-3-2-4-6-20/h2-8,17-18H,9-16H2,1H3.